The van der Waals surface area contributed by atoms with Gasteiger partial charge in [0.2, 0.25) is 0 Å². The van der Waals surface area contributed by atoms with E-state index < -0.39 is 0 Å². The maximum Gasteiger partial charge on any atom is 0.183 e. The number of thiocarbonyl (C=S) groups is 1. The zero-order valence-corrected chi connectivity index (χ0v) is 6.32. The molecule has 0 heterocycles. The average molecular weight is 158 g/mol. The molecule has 0 aliphatic heterocycles. The minimum Gasteiger partial charge on any atom is -0.370 e. The molecular weight excluding hydrogens is 148 g/mol. The largest absolute Gasteiger partial charge is 0.370 e. The van der Waals surface area contributed by atoms with E-state index in [0.29, 0.717) is 6.54 Å². The maximum absolute atomic E-state index is 6.06. The number of rotatable bonds is 2. The van der Waals surface area contributed by atoms with Crippen LogP contribution < -0.4 is 11.5 Å². The molecule has 0 saturated carbocycles. The summed E-state index contributed by atoms with van der Waals surface area (Å²) >= 11 is 4.25. The molecule has 10 heavy (non-hydrogen) atoms. The lowest BCUT2D eigenvalue weighted by Crippen LogP contribution is -2.20. The van der Waals surface area contributed by atoms with E-state index in [-0.39, 0.29) is 5.96 Å². The van der Waals surface area contributed by atoms with Crippen molar-refractivity contribution < 1.29 is 0 Å². The Labute approximate surface area is 65.1 Å². The molecule has 0 radical (unpaired) electrons. The third kappa shape index (κ3) is 70.2. The molecule has 0 aliphatic carbocycles. The van der Waals surface area contributed by atoms with Crippen LogP contribution in [0.2, 0.25) is 0 Å². The maximum atomic E-state index is 6.06. The highest BCUT2D eigenvalue weighted by Gasteiger charge is 1.56. The fourth-order valence-corrected chi connectivity index (χ4v) is 0.176. The minimum atomic E-state index is -0.333. The van der Waals surface area contributed by atoms with E-state index >= 15 is 0 Å². The van der Waals surface area contributed by atoms with Gasteiger partial charge in [-0.3, -0.25) is 5.41 Å². The molecule has 0 atom stereocenters. The van der Waals surface area contributed by atoms with E-state index in [2.05, 4.69) is 40.4 Å². The normalized spacial score (nSPS) is 6.00. The van der Waals surface area contributed by atoms with E-state index in [4.69, 9.17) is 5.41 Å². The summed E-state index contributed by atoms with van der Waals surface area (Å²) in [6.45, 7) is 4.00. The van der Waals surface area contributed by atoms with Gasteiger partial charge in [-0.15, -0.1) is 6.58 Å². The summed E-state index contributed by atoms with van der Waals surface area (Å²) in [4.78, 5) is 3.54. The molecule has 0 rings (SSSR count). The molecule has 0 bridgehead atoms. The Kier molecular flexibility index (Phi) is 12.4. The molecule has 4 nitrogen and oxygen atoms in total. The van der Waals surface area contributed by atoms with Gasteiger partial charge in [-0.25, -0.2) is 4.99 Å². The van der Waals surface area contributed by atoms with Crippen molar-refractivity contribution in [3.05, 3.63) is 12.7 Å². The van der Waals surface area contributed by atoms with Gasteiger partial charge < -0.3 is 11.5 Å². The van der Waals surface area contributed by atoms with Crippen LogP contribution in [0.5, 0.6) is 0 Å². The van der Waals surface area contributed by atoms with Crippen LogP contribution in [0, 0.1) is 5.41 Å². The molecular formula is C5H10N4S. The predicted octanol–water partition coefficient (Wildman–Crippen LogP) is 0.114. The Balaban J connectivity index is 0. The lowest BCUT2D eigenvalue weighted by molar-refractivity contribution is 1.27. The van der Waals surface area contributed by atoms with E-state index in [1.165, 1.54) is 0 Å². The second-order valence-corrected chi connectivity index (χ2v) is 1.36. The summed E-state index contributed by atoms with van der Waals surface area (Å²) in [5, 5.41) is 8.26. The monoisotopic (exact) mass is 158 g/mol. The summed E-state index contributed by atoms with van der Waals surface area (Å²) in [7, 11) is 0. The highest BCUT2D eigenvalue weighted by molar-refractivity contribution is 7.78. The summed E-state index contributed by atoms with van der Waals surface area (Å²) in [5.41, 5.74) is 8.94. The summed E-state index contributed by atoms with van der Waals surface area (Å²) in [6.07, 6.45) is 1.67. The molecule has 0 saturated heterocycles. The number of hydrogen-bond acceptors (Lipinski definition) is 3. The van der Waals surface area contributed by atoms with Crippen molar-refractivity contribution >= 4 is 23.3 Å². The van der Waals surface area contributed by atoms with Crippen molar-refractivity contribution in [1.82, 2.24) is 0 Å². The van der Waals surface area contributed by atoms with Gasteiger partial charge in [-0.05, 0) is 12.2 Å². The number of aliphatic imine (C=N–C) groups is 1. The molecule has 0 unspecified atom stereocenters. The quantitative estimate of drug-likeness (QED) is 0.231. The van der Waals surface area contributed by atoms with Crippen LogP contribution in [0.4, 0.5) is 0 Å². The van der Waals surface area contributed by atoms with Crippen LogP contribution in [0.25, 0.3) is 0 Å². The van der Waals surface area contributed by atoms with Crippen LogP contribution in [0.15, 0.2) is 17.6 Å². The van der Waals surface area contributed by atoms with Crippen LogP contribution in [0.3, 0.4) is 0 Å². The van der Waals surface area contributed by atoms with Crippen molar-refractivity contribution in [1.29, 1.82) is 5.41 Å². The highest BCUT2D eigenvalue weighted by Crippen LogP contribution is 1.62. The van der Waals surface area contributed by atoms with Crippen molar-refractivity contribution in [2.75, 3.05) is 6.54 Å². The number of nitrogens with two attached hydrogens (primary N) is 2. The van der Waals surface area contributed by atoms with Crippen molar-refractivity contribution in [2.24, 2.45) is 16.5 Å². The Bertz CT molecular complexity index is 144. The van der Waals surface area contributed by atoms with Crippen LogP contribution in [-0.2, 0) is 0 Å². The second kappa shape index (κ2) is 10.7. The van der Waals surface area contributed by atoms with E-state index in [9.17, 15) is 0 Å². The SMILES string of the molecule is C=CCN=C=S.N=C(N)N. The molecule has 0 spiro atoms. The lowest BCUT2D eigenvalue weighted by atomic mass is 10.7. The first-order valence-corrected chi connectivity index (χ1v) is 2.80. The first-order chi connectivity index (χ1) is 4.65. The molecule has 5 heteroatoms. The van der Waals surface area contributed by atoms with Gasteiger partial charge in [0.15, 0.2) is 5.96 Å². The molecule has 0 aromatic rings. The summed E-state index contributed by atoms with van der Waals surface area (Å²) < 4.78 is 0. The first-order valence-electron chi connectivity index (χ1n) is 2.39. The third-order valence-electron chi connectivity index (χ3n) is 0.285. The van der Waals surface area contributed by atoms with Crippen LogP contribution in [-0.4, -0.2) is 17.7 Å². The molecule has 0 aromatic heterocycles. The fourth-order valence-electron chi connectivity index (χ4n) is 0.102. The molecule has 0 amide bonds. The molecule has 56 valence electrons. The van der Waals surface area contributed by atoms with Crippen LogP contribution >= 0.6 is 12.2 Å². The Hall–Kier alpha value is -1.19. The zero-order chi connectivity index (χ0) is 8.41. The van der Waals surface area contributed by atoms with E-state index in [1.807, 2.05) is 0 Å². The lowest BCUT2D eigenvalue weighted by Gasteiger charge is -1.69. The van der Waals surface area contributed by atoms with Gasteiger partial charge in [0.25, 0.3) is 0 Å². The van der Waals surface area contributed by atoms with E-state index in [0.717, 1.165) is 0 Å². The van der Waals surface area contributed by atoms with E-state index in [1.54, 1.807) is 6.08 Å². The van der Waals surface area contributed by atoms with Crippen molar-refractivity contribution in [3.8, 4) is 0 Å². The average Bonchev–Trinajstić information content (AvgIpc) is 1.82. The smallest absolute Gasteiger partial charge is 0.183 e. The predicted molar refractivity (Wildman–Crippen MR) is 46.2 cm³/mol. The van der Waals surface area contributed by atoms with Crippen molar-refractivity contribution in [3.63, 3.8) is 0 Å². The Morgan fingerprint density at radius 1 is 1.80 bits per heavy atom. The summed E-state index contributed by atoms with van der Waals surface area (Å²) in [6, 6.07) is 0. The Morgan fingerprint density at radius 2 is 2.20 bits per heavy atom. The van der Waals surface area contributed by atoms with Gasteiger partial charge in [0, 0.05) is 0 Å². The zero-order valence-electron chi connectivity index (χ0n) is 5.50. The minimum absolute atomic E-state index is 0.333. The van der Waals surface area contributed by atoms with Crippen LogP contribution in [0.1, 0.15) is 0 Å². The third-order valence-corrected chi connectivity index (χ3v) is 0.414. The van der Waals surface area contributed by atoms with Crippen molar-refractivity contribution in [2.45, 2.75) is 0 Å². The molecule has 5 N–H and O–H groups in total. The Morgan fingerprint density at radius 3 is 2.30 bits per heavy atom. The topological polar surface area (TPSA) is 88.2 Å². The number of hydrogen-bond donors (Lipinski definition) is 3. The van der Waals surface area contributed by atoms with Gasteiger partial charge in [0.05, 0.1) is 11.7 Å². The van der Waals surface area contributed by atoms with Gasteiger partial charge in [0.1, 0.15) is 0 Å². The van der Waals surface area contributed by atoms with Gasteiger partial charge in [-0.2, -0.15) is 0 Å². The number of nitrogens with one attached hydrogen (secondary N) is 1. The number of nitrogens with zero attached hydrogens (tertiary/aromatic N) is 1. The second-order valence-electron chi connectivity index (χ2n) is 1.18. The number of guanidine groups is 1. The molecule has 0 aromatic carbocycles. The standard InChI is InChI=1S/C4H5NS.CH5N3/c1-2-3-5-4-6;2-1(3)4/h2H,1,3H2;(H5,2,3,4). The highest BCUT2D eigenvalue weighted by atomic mass is 32.1. The fraction of sp³-hybridized carbons (Fsp3) is 0.200. The summed E-state index contributed by atoms with van der Waals surface area (Å²) in [5.74, 6) is -0.333. The first kappa shape index (κ1) is 11.6. The molecule has 0 fully saturated rings. The van der Waals surface area contributed by atoms with Gasteiger partial charge in [-0.1, -0.05) is 6.08 Å². The van der Waals surface area contributed by atoms with Gasteiger partial charge >= 0.3 is 0 Å². The number of isothiocyanates is 1. The molecule has 0 aliphatic rings.